The molecule has 1 atom stereocenters. The lowest BCUT2D eigenvalue weighted by molar-refractivity contribution is 0.0254. The highest BCUT2D eigenvalue weighted by Gasteiger charge is 2.34. The Kier molecular flexibility index (Phi) is 5.03. The molecule has 3 heterocycles. The predicted molar refractivity (Wildman–Crippen MR) is 93.6 cm³/mol. The molecule has 0 unspecified atom stereocenters. The number of anilines is 1. The predicted octanol–water partition coefficient (Wildman–Crippen LogP) is 1.70. The lowest BCUT2D eigenvalue weighted by Gasteiger charge is -2.39. The Morgan fingerprint density at radius 2 is 2.32 bits per heavy atom. The summed E-state index contributed by atoms with van der Waals surface area (Å²) in [6.45, 7) is 5.11. The third-order valence-electron chi connectivity index (χ3n) is 4.60. The molecule has 7 heteroatoms. The molecule has 1 saturated heterocycles. The van der Waals surface area contributed by atoms with Gasteiger partial charge in [0.15, 0.2) is 0 Å². The first-order valence-corrected chi connectivity index (χ1v) is 8.64. The molecule has 2 N–H and O–H groups in total. The monoisotopic (exact) mass is 344 g/mol. The van der Waals surface area contributed by atoms with Crippen LogP contribution in [0.2, 0.25) is 0 Å². The molecular weight excluding hydrogens is 320 g/mol. The largest absolute Gasteiger partial charge is 0.386 e. The molecule has 0 radical (unpaired) electrons. The van der Waals surface area contributed by atoms with Crippen molar-refractivity contribution in [3.05, 3.63) is 41.4 Å². The topological polar surface area (TPSA) is 91.5 Å². The van der Waals surface area contributed by atoms with Gasteiger partial charge in [-0.25, -0.2) is 4.98 Å². The van der Waals surface area contributed by atoms with E-state index in [0.29, 0.717) is 36.4 Å². The van der Waals surface area contributed by atoms with E-state index in [2.05, 4.69) is 20.4 Å². The van der Waals surface area contributed by atoms with Crippen LogP contribution >= 0.6 is 0 Å². The second-order valence-corrected chi connectivity index (χ2v) is 6.53. The van der Waals surface area contributed by atoms with Crippen LogP contribution in [0.25, 0.3) is 0 Å². The first-order valence-electron chi connectivity index (χ1n) is 8.64. The van der Waals surface area contributed by atoms with Crippen LogP contribution in [-0.4, -0.2) is 46.4 Å². The van der Waals surface area contributed by atoms with Gasteiger partial charge in [-0.3, -0.25) is 4.79 Å². The Labute approximate surface area is 147 Å². The second kappa shape index (κ2) is 7.23. The van der Waals surface area contributed by atoms with Crippen molar-refractivity contribution in [3.8, 4) is 0 Å². The first kappa shape index (κ1) is 17.4. The van der Waals surface area contributed by atoms with E-state index in [9.17, 15) is 9.90 Å². The fourth-order valence-corrected chi connectivity index (χ4v) is 3.28. The molecule has 0 aliphatic carbocycles. The zero-order chi connectivity index (χ0) is 17.9. The maximum atomic E-state index is 12.5. The fourth-order valence-electron chi connectivity index (χ4n) is 3.28. The Morgan fingerprint density at radius 1 is 1.48 bits per heavy atom. The van der Waals surface area contributed by atoms with E-state index >= 15 is 0 Å². The van der Waals surface area contributed by atoms with E-state index in [0.717, 1.165) is 18.8 Å². The fraction of sp³-hybridized carbons (Fsp3) is 0.500. The van der Waals surface area contributed by atoms with Gasteiger partial charge < -0.3 is 19.8 Å². The van der Waals surface area contributed by atoms with Crippen LogP contribution in [-0.2, 0) is 6.42 Å². The summed E-state index contributed by atoms with van der Waals surface area (Å²) in [4.78, 5) is 18.9. The van der Waals surface area contributed by atoms with Gasteiger partial charge >= 0.3 is 0 Å². The number of amides is 1. The molecule has 7 nitrogen and oxygen atoms in total. The van der Waals surface area contributed by atoms with Crippen molar-refractivity contribution in [1.82, 2.24) is 15.5 Å². The van der Waals surface area contributed by atoms with Gasteiger partial charge in [0.1, 0.15) is 17.1 Å². The molecule has 134 valence electrons. The highest BCUT2D eigenvalue weighted by molar-refractivity contribution is 5.96. The highest BCUT2D eigenvalue weighted by Crippen LogP contribution is 2.24. The summed E-state index contributed by atoms with van der Waals surface area (Å²) < 4.78 is 5.11. The smallest absolute Gasteiger partial charge is 0.256 e. The standard InChI is InChI=1S/C18H24N4O3/c1-3-14-16(13(2)25-21-14)17(23)20-11-18(24)8-6-10-22(12-18)15-7-4-5-9-19-15/h4-5,7,9,24H,3,6,8,10-12H2,1-2H3,(H,20,23)/t18-/m0/s1. The van der Waals surface area contributed by atoms with Crippen molar-refractivity contribution in [3.63, 3.8) is 0 Å². The molecule has 25 heavy (non-hydrogen) atoms. The molecule has 2 aromatic rings. The van der Waals surface area contributed by atoms with Crippen LogP contribution in [0.1, 0.15) is 41.6 Å². The molecule has 2 aromatic heterocycles. The molecular formula is C18H24N4O3. The Hall–Kier alpha value is -2.41. The van der Waals surface area contributed by atoms with Gasteiger partial charge in [-0.15, -0.1) is 0 Å². The number of hydrogen-bond donors (Lipinski definition) is 2. The molecule has 3 rings (SSSR count). The average molecular weight is 344 g/mol. The molecule has 1 aliphatic heterocycles. The van der Waals surface area contributed by atoms with Crippen LogP contribution in [0.3, 0.4) is 0 Å². The van der Waals surface area contributed by atoms with E-state index in [4.69, 9.17) is 4.52 Å². The van der Waals surface area contributed by atoms with Gasteiger partial charge in [0.2, 0.25) is 0 Å². The van der Waals surface area contributed by atoms with Crippen molar-refractivity contribution in [2.45, 2.75) is 38.7 Å². The minimum Gasteiger partial charge on any atom is -0.386 e. The average Bonchev–Trinajstić information content (AvgIpc) is 3.01. The maximum absolute atomic E-state index is 12.5. The molecule has 0 saturated carbocycles. The van der Waals surface area contributed by atoms with Crippen LogP contribution in [0.15, 0.2) is 28.9 Å². The number of β-amino-alcohol motifs (C(OH)–C–C–N with tert-alkyl or cyclic N) is 1. The van der Waals surface area contributed by atoms with Crippen molar-refractivity contribution in [2.24, 2.45) is 0 Å². The van der Waals surface area contributed by atoms with Gasteiger partial charge in [0, 0.05) is 25.8 Å². The third kappa shape index (κ3) is 3.82. The molecule has 1 fully saturated rings. The minimum absolute atomic E-state index is 0.183. The van der Waals surface area contributed by atoms with Crippen molar-refractivity contribution in [2.75, 3.05) is 24.5 Å². The molecule has 0 aromatic carbocycles. The number of rotatable bonds is 5. The van der Waals surface area contributed by atoms with Crippen LogP contribution in [0, 0.1) is 6.92 Å². The van der Waals surface area contributed by atoms with Gasteiger partial charge in [0.05, 0.1) is 11.3 Å². The summed E-state index contributed by atoms with van der Waals surface area (Å²) in [5.74, 6) is 1.09. The van der Waals surface area contributed by atoms with Crippen molar-refractivity contribution < 1.29 is 14.4 Å². The van der Waals surface area contributed by atoms with Crippen LogP contribution in [0.4, 0.5) is 5.82 Å². The summed E-state index contributed by atoms with van der Waals surface area (Å²) in [7, 11) is 0. The Balaban J connectivity index is 1.65. The number of aliphatic hydroxyl groups is 1. The lowest BCUT2D eigenvalue weighted by atomic mass is 9.92. The number of hydrogen-bond acceptors (Lipinski definition) is 6. The van der Waals surface area contributed by atoms with E-state index in [1.165, 1.54) is 0 Å². The van der Waals surface area contributed by atoms with Gasteiger partial charge in [-0.1, -0.05) is 18.1 Å². The minimum atomic E-state index is -0.983. The molecule has 1 aliphatic rings. The van der Waals surface area contributed by atoms with Crippen molar-refractivity contribution >= 4 is 11.7 Å². The first-order chi connectivity index (χ1) is 12.0. The van der Waals surface area contributed by atoms with Crippen molar-refractivity contribution in [1.29, 1.82) is 0 Å². The number of carbonyl (C=O) groups excluding carboxylic acids is 1. The SMILES string of the molecule is CCc1noc(C)c1C(=O)NC[C@@]1(O)CCCN(c2ccccn2)C1. The van der Waals surface area contributed by atoms with E-state index in [1.54, 1.807) is 13.1 Å². The Morgan fingerprint density at radius 3 is 3.04 bits per heavy atom. The summed E-state index contributed by atoms with van der Waals surface area (Å²) in [6.07, 6.45) is 3.85. The highest BCUT2D eigenvalue weighted by atomic mass is 16.5. The third-order valence-corrected chi connectivity index (χ3v) is 4.60. The lowest BCUT2D eigenvalue weighted by Crippen LogP contribution is -2.54. The van der Waals surface area contributed by atoms with E-state index in [1.807, 2.05) is 25.1 Å². The number of nitrogens with one attached hydrogen (secondary N) is 1. The summed E-state index contributed by atoms with van der Waals surface area (Å²) >= 11 is 0. The maximum Gasteiger partial charge on any atom is 0.256 e. The number of aromatic nitrogens is 2. The normalized spacial score (nSPS) is 20.5. The second-order valence-electron chi connectivity index (χ2n) is 6.53. The van der Waals surface area contributed by atoms with Crippen LogP contribution in [0.5, 0.6) is 0 Å². The number of aryl methyl sites for hydroxylation is 2. The number of pyridine rings is 1. The summed E-state index contributed by atoms with van der Waals surface area (Å²) in [6, 6.07) is 5.73. The van der Waals surface area contributed by atoms with E-state index in [-0.39, 0.29) is 12.5 Å². The molecule has 1 amide bonds. The summed E-state index contributed by atoms with van der Waals surface area (Å²) in [5.41, 5.74) is 0.132. The van der Waals surface area contributed by atoms with E-state index < -0.39 is 5.60 Å². The number of piperidine rings is 1. The quantitative estimate of drug-likeness (QED) is 0.858. The van der Waals surface area contributed by atoms with Gasteiger partial charge in [0.25, 0.3) is 5.91 Å². The zero-order valence-electron chi connectivity index (χ0n) is 14.7. The van der Waals surface area contributed by atoms with Crippen LogP contribution < -0.4 is 10.2 Å². The summed E-state index contributed by atoms with van der Waals surface area (Å²) in [5, 5.41) is 17.7. The molecule has 0 bridgehead atoms. The number of nitrogens with zero attached hydrogens (tertiary/aromatic N) is 3. The Bertz CT molecular complexity index is 731. The van der Waals surface area contributed by atoms with Gasteiger partial charge in [-0.2, -0.15) is 0 Å². The zero-order valence-corrected chi connectivity index (χ0v) is 14.7. The van der Waals surface area contributed by atoms with Gasteiger partial charge in [-0.05, 0) is 38.3 Å². The molecule has 0 spiro atoms. The number of carbonyl (C=O) groups is 1.